The molecule has 22 heavy (non-hydrogen) atoms. The summed E-state index contributed by atoms with van der Waals surface area (Å²) >= 11 is 3.40. The number of hydrogen-bond donors (Lipinski definition) is 2. The smallest absolute Gasteiger partial charge is 0.274 e. The fourth-order valence-corrected chi connectivity index (χ4v) is 2.31. The first kappa shape index (κ1) is 16.4. The van der Waals surface area contributed by atoms with Gasteiger partial charge in [-0.3, -0.25) is 4.79 Å². The highest BCUT2D eigenvalue weighted by atomic mass is 79.9. The third-order valence-electron chi connectivity index (χ3n) is 3.31. The molecule has 2 aromatic rings. The lowest BCUT2D eigenvalue weighted by atomic mass is 10.2. The van der Waals surface area contributed by atoms with E-state index in [4.69, 9.17) is 0 Å². The molecule has 0 spiro atoms. The van der Waals surface area contributed by atoms with E-state index in [0.717, 1.165) is 22.1 Å². The summed E-state index contributed by atoms with van der Waals surface area (Å²) in [6.45, 7) is 6.06. The second kappa shape index (κ2) is 7.35. The Kier molecular flexibility index (Phi) is 5.49. The fourth-order valence-electron chi connectivity index (χ4n) is 1.83. The number of amides is 1. The van der Waals surface area contributed by atoms with Crippen molar-refractivity contribution in [2.75, 3.05) is 10.6 Å². The van der Waals surface area contributed by atoms with E-state index in [-0.39, 0.29) is 11.9 Å². The molecule has 0 aliphatic rings. The van der Waals surface area contributed by atoms with Gasteiger partial charge in [0.2, 0.25) is 5.95 Å². The molecule has 0 aliphatic heterocycles. The normalized spacial score (nSPS) is 11.8. The number of carbonyl (C=O) groups is 1. The van der Waals surface area contributed by atoms with Gasteiger partial charge in [0.25, 0.3) is 5.91 Å². The summed E-state index contributed by atoms with van der Waals surface area (Å²) in [4.78, 5) is 20.7. The Balaban J connectivity index is 2.14. The van der Waals surface area contributed by atoms with Crippen LogP contribution in [0.5, 0.6) is 0 Å². The first-order valence-electron chi connectivity index (χ1n) is 7.16. The second-order valence-electron chi connectivity index (χ2n) is 5.13. The summed E-state index contributed by atoms with van der Waals surface area (Å²) in [5, 5.41) is 6.03. The van der Waals surface area contributed by atoms with Crippen LogP contribution in [0.1, 0.15) is 36.3 Å². The van der Waals surface area contributed by atoms with Crippen LogP contribution in [0.25, 0.3) is 0 Å². The zero-order valence-corrected chi connectivity index (χ0v) is 14.4. The Hall–Kier alpha value is -1.95. The molecule has 0 saturated heterocycles. The van der Waals surface area contributed by atoms with Crippen LogP contribution in [-0.2, 0) is 0 Å². The Morgan fingerprint density at radius 2 is 2.14 bits per heavy atom. The van der Waals surface area contributed by atoms with Crippen LogP contribution in [0.3, 0.4) is 0 Å². The van der Waals surface area contributed by atoms with Crippen LogP contribution < -0.4 is 10.6 Å². The summed E-state index contributed by atoms with van der Waals surface area (Å²) in [5.41, 5.74) is 2.08. The molecule has 0 fully saturated rings. The van der Waals surface area contributed by atoms with Crippen LogP contribution >= 0.6 is 15.9 Å². The molecule has 1 aromatic carbocycles. The molecule has 0 saturated carbocycles. The van der Waals surface area contributed by atoms with E-state index >= 15 is 0 Å². The summed E-state index contributed by atoms with van der Waals surface area (Å²) < 4.78 is 0.977. The number of aromatic nitrogens is 2. The van der Waals surface area contributed by atoms with E-state index in [1.807, 2.05) is 32.0 Å². The largest absolute Gasteiger partial charge is 0.352 e. The molecule has 0 radical (unpaired) electrons. The lowest BCUT2D eigenvalue weighted by Gasteiger charge is -2.12. The van der Waals surface area contributed by atoms with Gasteiger partial charge in [0, 0.05) is 22.4 Å². The molecule has 2 rings (SSSR count). The average molecular weight is 363 g/mol. The van der Waals surface area contributed by atoms with Gasteiger partial charge in [0.05, 0.1) is 0 Å². The number of hydrogen-bond acceptors (Lipinski definition) is 4. The van der Waals surface area contributed by atoms with Gasteiger partial charge in [-0.1, -0.05) is 22.9 Å². The number of carbonyl (C=O) groups excluding carboxylic acids is 1. The number of rotatable bonds is 5. The molecular weight excluding hydrogens is 344 g/mol. The number of halogens is 1. The monoisotopic (exact) mass is 362 g/mol. The van der Waals surface area contributed by atoms with Gasteiger partial charge in [-0.2, -0.15) is 0 Å². The highest BCUT2D eigenvalue weighted by Crippen LogP contribution is 2.20. The van der Waals surface area contributed by atoms with E-state index in [9.17, 15) is 4.79 Å². The van der Waals surface area contributed by atoms with Gasteiger partial charge in [-0.05, 0) is 50.1 Å². The van der Waals surface area contributed by atoms with Crippen molar-refractivity contribution in [3.8, 4) is 0 Å². The SMILES string of the molecule is CCC(C)Nc1nccc(C(=O)Nc2ccc(Br)cc2C)n1. The van der Waals surface area contributed by atoms with Gasteiger partial charge >= 0.3 is 0 Å². The zero-order valence-electron chi connectivity index (χ0n) is 12.9. The molecule has 1 unspecified atom stereocenters. The predicted octanol–water partition coefficient (Wildman–Crippen LogP) is 4.01. The lowest BCUT2D eigenvalue weighted by Crippen LogP contribution is -2.19. The summed E-state index contributed by atoms with van der Waals surface area (Å²) in [7, 11) is 0. The molecule has 1 aromatic heterocycles. The van der Waals surface area contributed by atoms with Crippen molar-refractivity contribution >= 4 is 33.5 Å². The first-order valence-corrected chi connectivity index (χ1v) is 7.96. The molecule has 0 aliphatic carbocycles. The van der Waals surface area contributed by atoms with Crippen LogP contribution in [0.15, 0.2) is 34.9 Å². The van der Waals surface area contributed by atoms with Crippen LogP contribution in [0, 0.1) is 6.92 Å². The van der Waals surface area contributed by atoms with Crippen LogP contribution in [0.2, 0.25) is 0 Å². The molecule has 1 heterocycles. The highest BCUT2D eigenvalue weighted by molar-refractivity contribution is 9.10. The Morgan fingerprint density at radius 1 is 1.36 bits per heavy atom. The quantitative estimate of drug-likeness (QED) is 0.842. The van der Waals surface area contributed by atoms with Crippen molar-refractivity contribution in [2.45, 2.75) is 33.2 Å². The third kappa shape index (κ3) is 4.27. The molecule has 0 bridgehead atoms. The number of nitrogens with one attached hydrogen (secondary N) is 2. The number of nitrogens with zero attached hydrogens (tertiary/aromatic N) is 2. The minimum atomic E-state index is -0.250. The first-order chi connectivity index (χ1) is 10.5. The summed E-state index contributed by atoms with van der Waals surface area (Å²) in [6, 6.07) is 7.55. The molecule has 5 nitrogen and oxygen atoms in total. The van der Waals surface area contributed by atoms with Crippen molar-refractivity contribution in [3.63, 3.8) is 0 Å². The van der Waals surface area contributed by atoms with Crippen LogP contribution in [0.4, 0.5) is 11.6 Å². The Labute approximate surface area is 138 Å². The fraction of sp³-hybridized carbons (Fsp3) is 0.312. The van der Waals surface area contributed by atoms with Crippen molar-refractivity contribution in [1.29, 1.82) is 0 Å². The Morgan fingerprint density at radius 3 is 2.82 bits per heavy atom. The van der Waals surface area contributed by atoms with Crippen molar-refractivity contribution in [1.82, 2.24) is 9.97 Å². The maximum Gasteiger partial charge on any atom is 0.274 e. The van der Waals surface area contributed by atoms with Crippen molar-refractivity contribution in [2.24, 2.45) is 0 Å². The predicted molar refractivity (Wildman–Crippen MR) is 92.2 cm³/mol. The summed E-state index contributed by atoms with van der Waals surface area (Å²) in [6.07, 6.45) is 2.54. The van der Waals surface area contributed by atoms with E-state index in [0.29, 0.717) is 11.6 Å². The Bertz CT molecular complexity index is 675. The van der Waals surface area contributed by atoms with Crippen molar-refractivity contribution < 1.29 is 4.79 Å². The maximum atomic E-state index is 12.3. The number of aryl methyl sites for hydroxylation is 1. The van der Waals surface area contributed by atoms with Gasteiger partial charge in [0.1, 0.15) is 5.69 Å². The molecular formula is C16H19BrN4O. The second-order valence-corrected chi connectivity index (χ2v) is 6.05. The average Bonchev–Trinajstić information content (AvgIpc) is 2.50. The molecule has 6 heteroatoms. The highest BCUT2D eigenvalue weighted by Gasteiger charge is 2.11. The molecule has 116 valence electrons. The molecule has 1 atom stereocenters. The van der Waals surface area contributed by atoms with Gasteiger partial charge in [-0.25, -0.2) is 9.97 Å². The van der Waals surface area contributed by atoms with E-state index in [2.05, 4.69) is 43.5 Å². The van der Waals surface area contributed by atoms with Crippen LogP contribution in [-0.4, -0.2) is 21.9 Å². The van der Waals surface area contributed by atoms with Gasteiger partial charge in [-0.15, -0.1) is 0 Å². The topological polar surface area (TPSA) is 66.9 Å². The third-order valence-corrected chi connectivity index (χ3v) is 3.81. The molecule has 1 amide bonds. The zero-order chi connectivity index (χ0) is 16.1. The van der Waals surface area contributed by atoms with Crippen molar-refractivity contribution in [3.05, 3.63) is 46.2 Å². The maximum absolute atomic E-state index is 12.3. The number of benzene rings is 1. The standard InChI is InChI=1S/C16H19BrN4O/c1-4-11(3)19-16-18-8-7-14(21-16)15(22)20-13-6-5-12(17)9-10(13)2/h5-9,11H,4H2,1-3H3,(H,20,22)(H,18,19,21). The van der Waals surface area contributed by atoms with Gasteiger partial charge in [0.15, 0.2) is 0 Å². The van der Waals surface area contributed by atoms with Gasteiger partial charge < -0.3 is 10.6 Å². The molecule has 2 N–H and O–H groups in total. The minimum Gasteiger partial charge on any atom is -0.352 e. The minimum absolute atomic E-state index is 0.250. The lowest BCUT2D eigenvalue weighted by molar-refractivity contribution is 0.102. The summed E-state index contributed by atoms with van der Waals surface area (Å²) in [5.74, 6) is 0.217. The van der Waals surface area contributed by atoms with E-state index < -0.39 is 0 Å². The van der Waals surface area contributed by atoms with E-state index in [1.165, 1.54) is 0 Å². The van der Waals surface area contributed by atoms with E-state index in [1.54, 1.807) is 12.3 Å². The number of anilines is 2.